The molecular formula is C24H27N5O3. The van der Waals surface area contributed by atoms with Crippen LogP contribution in [-0.2, 0) is 4.74 Å². The molecule has 1 fully saturated rings. The van der Waals surface area contributed by atoms with Gasteiger partial charge in [0.05, 0.1) is 23.0 Å². The number of nitrogens with one attached hydrogen (secondary N) is 2. The zero-order chi connectivity index (χ0) is 22.7. The van der Waals surface area contributed by atoms with Gasteiger partial charge in [0.15, 0.2) is 0 Å². The molecule has 3 aromatic rings. The van der Waals surface area contributed by atoms with Crippen molar-refractivity contribution in [2.75, 3.05) is 23.7 Å². The van der Waals surface area contributed by atoms with Gasteiger partial charge in [-0.2, -0.15) is 0 Å². The second-order valence-electron chi connectivity index (χ2n) is 8.81. The average Bonchev–Trinajstić information content (AvgIpc) is 3.22. The number of aromatic nitrogens is 2. The number of nitrogens with zero attached hydrogens (tertiary/aromatic N) is 3. The van der Waals surface area contributed by atoms with E-state index >= 15 is 0 Å². The minimum absolute atomic E-state index is 0.0843. The van der Waals surface area contributed by atoms with Crippen molar-refractivity contribution in [2.24, 2.45) is 0 Å². The summed E-state index contributed by atoms with van der Waals surface area (Å²) in [5.41, 5.74) is 2.08. The number of anilines is 2. The Balaban J connectivity index is 1.51. The first-order chi connectivity index (χ1) is 15.3. The van der Waals surface area contributed by atoms with E-state index < -0.39 is 5.60 Å². The van der Waals surface area contributed by atoms with Crippen molar-refractivity contribution in [1.29, 1.82) is 0 Å². The Labute approximate surface area is 187 Å². The number of rotatable bonds is 4. The zero-order valence-electron chi connectivity index (χ0n) is 18.5. The number of fused-ring (bicyclic) bond motifs is 1. The van der Waals surface area contributed by atoms with E-state index in [2.05, 4.69) is 20.6 Å². The van der Waals surface area contributed by atoms with E-state index in [-0.39, 0.29) is 18.0 Å². The highest BCUT2D eigenvalue weighted by Gasteiger charge is 2.30. The van der Waals surface area contributed by atoms with E-state index in [9.17, 15) is 9.59 Å². The Morgan fingerprint density at radius 3 is 2.69 bits per heavy atom. The summed E-state index contributed by atoms with van der Waals surface area (Å²) in [6.07, 6.45) is 5.44. The Morgan fingerprint density at radius 1 is 1.12 bits per heavy atom. The van der Waals surface area contributed by atoms with E-state index in [1.165, 1.54) is 0 Å². The minimum Gasteiger partial charge on any atom is -0.444 e. The molecule has 1 aromatic carbocycles. The maximum absolute atomic E-state index is 12.9. The van der Waals surface area contributed by atoms with Gasteiger partial charge in [0, 0.05) is 42.6 Å². The molecule has 1 aliphatic heterocycles. The van der Waals surface area contributed by atoms with Crippen LogP contribution in [0.5, 0.6) is 0 Å². The van der Waals surface area contributed by atoms with E-state index in [4.69, 9.17) is 4.74 Å². The third-order valence-corrected chi connectivity index (χ3v) is 5.13. The van der Waals surface area contributed by atoms with E-state index in [0.717, 1.165) is 17.5 Å². The van der Waals surface area contributed by atoms with Crippen molar-refractivity contribution in [2.45, 2.75) is 38.8 Å². The predicted octanol–water partition coefficient (Wildman–Crippen LogP) is 4.30. The molecule has 0 spiro atoms. The molecule has 4 rings (SSSR count). The summed E-state index contributed by atoms with van der Waals surface area (Å²) in [5, 5.41) is 7.23. The van der Waals surface area contributed by atoms with E-state index in [1.54, 1.807) is 41.7 Å². The number of ether oxygens (including phenoxy) is 1. The molecule has 2 N–H and O–H groups in total. The van der Waals surface area contributed by atoms with E-state index in [1.807, 2.05) is 39.0 Å². The fourth-order valence-corrected chi connectivity index (χ4v) is 3.71. The highest BCUT2D eigenvalue weighted by atomic mass is 16.6. The number of carbonyl (C=O) groups excluding carboxylic acids is 2. The monoisotopic (exact) mass is 433 g/mol. The second-order valence-corrected chi connectivity index (χ2v) is 8.81. The molecule has 0 radical (unpaired) electrons. The van der Waals surface area contributed by atoms with Crippen LogP contribution in [0, 0.1) is 0 Å². The van der Waals surface area contributed by atoms with Crippen LogP contribution in [0.2, 0.25) is 0 Å². The van der Waals surface area contributed by atoms with Crippen LogP contribution >= 0.6 is 0 Å². The molecule has 1 unspecified atom stereocenters. The molecule has 2 aromatic heterocycles. The number of carbonyl (C=O) groups is 2. The van der Waals surface area contributed by atoms with Gasteiger partial charge in [-0.25, -0.2) is 4.79 Å². The average molecular weight is 434 g/mol. The number of benzene rings is 1. The van der Waals surface area contributed by atoms with Crippen LogP contribution in [0.15, 0.2) is 55.0 Å². The number of amides is 2. The molecule has 0 bridgehead atoms. The second kappa shape index (κ2) is 8.82. The largest absolute Gasteiger partial charge is 0.444 e. The molecule has 1 saturated heterocycles. The first kappa shape index (κ1) is 21.5. The lowest BCUT2D eigenvalue weighted by Crippen LogP contribution is -2.36. The number of pyridine rings is 2. The lowest BCUT2D eigenvalue weighted by atomic mass is 10.1. The first-order valence-corrected chi connectivity index (χ1v) is 10.6. The smallest absolute Gasteiger partial charge is 0.410 e. The Morgan fingerprint density at radius 2 is 1.94 bits per heavy atom. The summed E-state index contributed by atoms with van der Waals surface area (Å²) in [5.74, 6) is -0.245. The highest BCUT2D eigenvalue weighted by Crippen LogP contribution is 2.28. The molecule has 0 saturated carbocycles. The molecule has 8 nitrogen and oxygen atoms in total. The van der Waals surface area contributed by atoms with Crippen molar-refractivity contribution in [3.05, 3.63) is 60.6 Å². The molecule has 32 heavy (non-hydrogen) atoms. The zero-order valence-corrected chi connectivity index (χ0v) is 18.5. The maximum atomic E-state index is 12.9. The Bertz CT molecular complexity index is 1130. The number of hydrogen-bond acceptors (Lipinski definition) is 6. The van der Waals surface area contributed by atoms with Gasteiger partial charge < -0.3 is 20.3 Å². The van der Waals surface area contributed by atoms with Crippen LogP contribution in [0.3, 0.4) is 0 Å². The van der Waals surface area contributed by atoms with Crippen molar-refractivity contribution >= 4 is 34.3 Å². The van der Waals surface area contributed by atoms with Crippen LogP contribution in [0.4, 0.5) is 16.2 Å². The summed E-state index contributed by atoms with van der Waals surface area (Å²) in [4.78, 5) is 35.4. The molecule has 8 heteroatoms. The van der Waals surface area contributed by atoms with Gasteiger partial charge in [-0.05, 0) is 63.6 Å². The third kappa shape index (κ3) is 4.96. The van der Waals surface area contributed by atoms with E-state index in [0.29, 0.717) is 29.9 Å². The van der Waals surface area contributed by atoms with Crippen LogP contribution in [-0.4, -0.2) is 51.6 Å². The lowest BCUT2D eigenvalue weighted by Gasteiger charge is -2.24. The third-order valence-electron chi connectivity index (χ3n) is 5.13. The molecule has 0 aliphatic carbocycles. The fraction of sp³-hybridized carbons (Fsp3) is 0.333. The molecule has 2 amide bonds. The SMILES string of the molecule is CC(C)(C)OC(=O)N1CCC(Nc2ccc(C(=O)Nc3cccnc3)c3ncccc23)C1. The summed E-state index contributed by atoms with van der Waals surface area (Å²) in [7, 11) is 0. The quantitative estimate of drug-likeness (QED) is 0.637. The van der Waals surface area contributed by atoms with Gasteiger partial charge in [0.2, 0.25) is 0 Å². The normalized spacial score (nSPS) is 16.1. The van der Waals surface area contributed by atoms with Crippen molar-refractivity contribution in [3.63, 3.8) is 0 Å². The summed E-state index contributed by atoms with van der Waals surface area (Å²) < 4.78 is 5.48. The number of hydrogen-bond donors (Lipinski definition) is 2. The highest BCUT2D eigenvalue weighted by molar-refractivity contribution is 6.13. The first-order valence-electron chi connectivity index (χ1n) is 10.6. The van der Waals surface area contributed by atoms with Crippen LogP contribution < -0.4 is 10.6 Å². The molecule has 1 atom stereocenters. The molecule has 3 heterocycles. The van der Waals surface area contributed by atoms with Crippen molar-refractivity contribution in [1.82, 2.24) is 14.9 Å². The molecule has 1 aliphatic rings. The standard InChI is InChI=1S/C24H27N5O3/c1-24(2,3)32-23(31)29-13-10-17(15-29)27-20-9-8-19(21-18(20)7-5-12-26-21)22(30)28-16-6-4-11-25-14-16/h4-9,11-12,14,17,27H,10,13,15H2,1-3H3,(H,28,30). The van der Waals surface area contributed by atoms with Gasteiger partial charge in [0.25, 0.3) is 5.91 Å². The Kier molecular flexibility index (Phi) is 5.94. The van der Waals surface area contributed by atoms with Crippen molar-refractivity contribution in [3.8, 4) is 0 Å². The topological polar surface area (TPSA) is 96.5 Å². The predicted molar refractivity (Wildman–Crippen MR) is 124 cm³/mol. The molecular weight excluding hydrogens is 406 g/mol. The van der Waals surface area contributed by atoms with Gasteiger partial charge in [0.1, 0.15) is 5.60 Å². The van der Waals surface area contributed by atoms with Crippen LogP contribution in [0.25, 0.3) is 10.9 Å². The van der Waals surface area contributed by atoms with Crippen LogP contribution in [0.1, 0.15) is 37.6 Å². The number of likely N-dealkylation sites (tertiary alicyclic amines) is 1. The van der Waals surface area contributed by atoms with Gasteiger partial charge in [-0.15, -0.1) is 0 Å². The maximum Gasteiger partial charge on any atom is 0.410 e. The lowest BCUT2D eigenvalue weighted by molar-refractivity contribution is 0.0293. The van der Waals surface area contributed by atoms with Crippen molar-refractivity contribution < 1.29 is 14.3 Å². The molecule has 166 valence electrons. The van der Waals surface area contributed by atoms with Gasteiger partial charge in [-0.3, -0.25) is 14.8 Å². The van der Waals surface area contributed by atoms with Gasteiger partial charge >= 0.3 is 6.09 Å². The van der Waals surface area contributed by atoms with Gasteiger partial charge in [-0.1, -0.05) is 0 Å². The Hall–Kier alpha value is -3.68. The minimum atomic E-state index is -0.517. The fourth-order valence-electron chi connectivity index (χ4n) is 3.71. The summed E-state index contributed by atoms with van der Waals surface area (Å²) >= 11 is 0. The summed E-state index contributed by atoms with van der Waals surface area (Å²) in [6.45, 7) is 6.78. The summed E-state index contributed by atoms with van der Waals surface area (Å²) in [6, 6.07) is 11.1.